The van der Waals surface area contributed by atoms with Crippen LogP contribution in [0.4, 0.5) is 4.39 Å². The Balaban J connectivity index is 1.98. The number of nitrogens with one attached hydrogen (secondary N) is 1. The Morgan fingerprint density at radius 2 is 1.95 bits per heavy atom. The maximum Gasteiger partial charge on any atom is 0.123 e. The molecule has 0 amide bonds. The Bertz CT molecular complexity index is 596. The normalized spacial score (nSPS) is 11.1. The van der Waals surface area contributed by atoms with Crippen LogP contribution >= 0.6 is 11.8 Å². The summed E-state index contributed by atoms with van der Waals surface area (Å²) < 4.78 is 13.1. The fourth-order valence-electron chi connectivity index (χ4n) is 2.05. The van der Waals surface area contributed by atoms with E-state index in [1.807, 2.05) is 13.0 Å². The van der Waals surface area contributed by atoms with Gasteiger partial charge in [-0.2, -0.15) is 0 Å². The van der Waals surface area contributed by atoms with Crippen LogP contribution in [-0.4, -0.2) is 6.04 Å². The maximum absolute atomic E-state index is 13.1. The molecular formula is C18H22FNS. The van der Waals surface area contributed by atoms with E-state index >= 15 is 0 Å². The van der Waals surface area contributed by atoms with Crippen LogP contribution in [0.25, 0.3) is 0 Å². The van der Waals surface area contributed by atoms with Crippen LogP contribution in [0.3, 0.4) is 0 Å². The van der Waals surface area contributed by atoms with Gasteiger partial charge in [0.25, 0.3) is 0 Å². The lowest BCUT2D eigenvalue weighted by Crippen LogP contribution is -2.21. The van der Waals surface area contributed by atoms with Crippen molar-refractivity contribution < 1.29 is 4.39 Å². The SMILES string of the molecule is Cc1cc(F)ccc1CSc1cccc(CNC(C)C)c1. The molecule has 0 fully saturated rings. The summed E-state index contributed by atoms with van der Waals surface area (Å²) in [6.07, 6.45) is 0. The molecule has 0 saturated heterocycles. The summed E-state index contributed by atoms with van der Waals surface area (Å²) in [6, 6.07) is 14.1. The second-order valence-corrected chi connectivity index (χ2v) is 6.59. The Hall–Kier alpha value is -1.32. The summed E-state index contributed by atoms with van der Waals surface area (Å²) in [5.41, 5.74) is 3.50. The van der Waals surface area contributed by atoms with Gasteiger partial charge in [0.2, 0.25) is 0 Å². The monoisotopic (exact) mass is 303 g/mol. The Kier molecular flexibility index (Phi) is 5.83. The quantitative estimate of drug-likeness (QED) is 0.760. The number of thioether (sulfide) groups is 1. The van der Waals surface area contributed by atoms with Crippen molar-refractivity contribution in [2.24, 2.45) is 0 Å². The predicted octanol–water partition coefficient (Wildman–Crippen LogP) is 4.92. The number of halogens is 1. The van der Waals surface area contributed by atoms with Gasteiger partial charge in [0.05, 0.1) is 0 Å². The average Bonchev–Trinajstić information content (AvgIpc) is 2.45. The van der Waals surface area contributed by atoms with Crippen LogP contribution in [0.1, 0.15) is 30.5 Å². The van der Waals surface area contributed by atoms with E-state index in [0.29, 0.717) is 6.04 Å². The molecule has 0 aliphatic rings. The minimum absolute atomic E-state index is 0.164. The fraction of sp³-hybridized carbons (Fsp3) is 0.333. The van der Waals surface area contributed by atoms with E-state index in [2.05, 4.69) is 43.4 Å². The lowest BCUT2D eigenvalue weighted by Gasteiger charge is -2.10. The number of rotatable bonds is 6. The van der Waals surface area contributed by atoms with E-state index in [4.69, 9.17) is 0 Å². The van der Waals surface area contributed by atoms with Crippen molar-refractivity contribution in [1.82, 2.24) is 5.32 Å². The van der Waals surface area contributed by atoms with Crippen molar-refractivity contribution in [3.05, 3.63) is 65.0 Å². The third-order valence-corrected chi connectivity index (χ3v) is 4.35. The van der Waals surface area contributed by atoms with Gasteiger partial charge in [0, 0.05) is 23.2 Å². The summed E-state index contributed by atoms with van der Waals surface area (Å²) in [5.74, 6) is 0.704. The van der Waals surface area contributed by atoms with Crippen LogP contribution in [0.2, 0.25) is 0 Å². The van der Waals surface area contributed by atoms with Gasteiger partial charge < -0.3 is 5.32 Å². The van der Waals surface area contributed by atoms with Gasteiger partial charge in [-0.3, -0.25) is 0 Å². The second-order valence-electron chi connectivity index (χ2n) is 5.54. The van der Waals surface area contributed by atoms with E-state index in [1.54, 1.807) is 17.8 Å². The first-order valence-electron chi connectivity index (χ1n) is 7.25. The molecule has 1 N–H and O–H groups in total. The summed E-state index contributed by atoms with van der Waals surface area (Å²) in [7, 11) is 0. The number of hydrogen-bond acceptors (Lipinski definition) is 2. The van der Waals surface area contributed by atoms with Crippen molar-refractivity contribution in [3.8, 4) is 0 Å². The molecule has 0 heterocycles. The summed E-state index contributed by atoms with van der Waals surface area (Å²) in [5, 5.41) is 3.43. The maximum atomic E-state index is 13.1. The topological polar surface area (TPSA) is 12.0 Å². The molecule has 0 aliphatic carbocycles. The standard InChI is InChI=1S/C18H22FNS/c1-13(2)20-11-15-5-4-6-18(10-15)21-12-16-7-8-17(19)9-14(16)3/h4-10,13,20H,11-12H2,1-3H3. The highest BCUT2D eigenvalue weighted by Gasteiger charge is 2.03. The Labute approximate surface area is 131 Å². The molecule has 2 aromatic carbocycles. The summed E-state index contributed by atoms with van der Waals surface area (Å²) in [4.78, 5) is 1.25. The molecule has 0 radical (unpaired) electrons. The molecule has 2 aromatic rings. The van der Waals surface area contributed by atoms with Gasteiger partial charge >= 0.3 is 0 Å². The lowest BCUT2D eigenvalue weighted by molar-refractivity contribution is 0.588. The van der Waals surface area contributed by atoms with Crippen LogP contribution in [0, 0.1) is 12.7 Å². The summed E-state index contributed by atoms with van der Waals surface area (Å²) >= 11 is 1.79. The smallest absolute Gasteiger partial charge is 0.123 e. The van der Waals surface area contributed by atoms with Crippen LogP contribution in [-0.2, 0) is 12.3 Å². The van der Waals surface area contributed by atoms with Crippen molar-refractivity contribution >= 4 is 11.8 Å². The van der Waals surface area contributed by atoms with Gasteiger partial charge in [-0.05, 0) is 47.9 Å². The zero-order valence-electron chi connectivity index (χ0n) is 12.8. The minimum atomic E-state index is -0.164. The number of hydrogen-bond donors (Lipinski definition) is 1. The zero-order valence-corrected chi connectivity index (χ0v) is 13.6. The first kappa shape index (κ1) is 16.1. The van der Waals surface area contributed by atoms with Gasteiger partial charge in [0.15, 0.2) is 0 Å². The lowest BCUT2D eigenvalue weighted by atomic mass is 10.1. The second kappa shape index (κ2) is 7.62. The van der Waals surface area contributed by atoms with Crippen LogP contribution < -0.4 is 5.32 Å². The van der Waals surface area contributed by atoms with Gasteiger partial charge in [-0.15, -0.1) is 11.8 Å². The minimum Gasteiger partial charge on any atom is -0.310 e. The molecule has 1 nitrogen and oxygen atoms in total. The Morgan fingerprint density at radius 3 is 2.67 bits per heavy atom. The molecule has 21 heavy (non-hydrogen) atoms. The molecular weight excluding hydrogens is 281 g/mol. The average molecular weight is 303 g/mol. The first-order chi connectivity index (χ1) is 10.0. The van der Waals surface area contributed by atoms with E-state index in [1.165, 1.54) is 22.1 Å². The third-order valence-electron chi connectivity index (χ3n) is 3.31. The number of aryl methyl sites for hydroxylation is 1. The van der Waals surface area contributed by atoms with Crippen molar-refractivity contribution in [3.63, 3.8) is 0 Å². The molecule has 2 rings (SSSR count). The van der Waals surface area contributed by atoms with Crippen molar-refractivity contribution in [1.29, 1.82) is 0 Å². The van der Waals surface area contributed by atoms with Crippen molar-refractivity contribution in [2.45, 2.75) is 44.0 Å². The molecule has 0 spiro atoms. The molecule has 0 saturated carbocycles. The highest BCUT2D eigenvalue weighted by Crippen LogP contribution is 2.25. The third kappa shape index (κ3) is 5.18. The van der Waals surface area contributed by atoms with E-state index < -0.39 is 0 Å². The van der Waals surface area contributed by atoms with E-state index in [0.717, 1.165) is 17.9 Å². The highest BCUT2D eigenvalue weighted by atomic mass is 32.2. The van der Waals surface area contributed by atoms with E-state index in [9.17, 15) is 4.39 Å². The predicted molar refractivity (Wildman–Crippen MR) is 89.1 cm³/mol. The summed E-state index contributed by atoms with van der Waals surface area (Å²) in [6.45, 7) is 7.15. The highest BCUT2D eigenvalue weighted by molar-refractivity contribution is 7.98. The molecule has 0 atom stereocenters. The van der Waals surface area contributed by atoms with Crippen molar-refractivity contribution in [2.75, 3.05) is 0 Å². The number of benzene rings is 2. The molecule has 112 valence electrons. The first-order valence-corrected chi connectivity index (χ1v) is 8.23. The van der Waals surface area contributed by atoms with Gasteiger partial charge in [-0.1, -0.05) is 32.0 Å². The fourth-order valence-corrected chi connectivity index (χ4v) is 3.11. The van der Waals surface area contributed by atoms with Crippen LogP contribution in [0.5, 0.6) is 0 Å². The zero-order chi connectivity index (χ0) is 15.2. The van der Waals surface area contributed by atoms with Gasteiger partial charge in [-0.25, -0.2) is 4.39 Å². The largest absolute Gasteiger partial charge is 0.310 e. The molecule has 0 aliphatic heterocycles. The van der Waals surface area contributed by atoms with Gasteiger partial charge in [0.1, 0.15) is 5.82 Å². The van der Waals surface area contributed by atoms with Crippen LogP contribution in [0.15, 0.2) is 47.4 Å². The molecule has 0 unspecified atom stereocenters. The molecule has 3 heteroatoms. The van der Waals surface area contributed by atoms with E-state index in [-0.39, 0.29) is 5.82 Å². The molecule has 0 bridgehead atoms. The Morgan fingerprint density at radius 1 is 1.14 bits per heavy atom. The molecule has 0 aromatic heterocycles.